The zero-order valence-corrected chi connectivity index (χ0v) is 13.9. The van der Waals surface area contributed by atoms with Gasteiger partial charge in [-0.2, -0.15) is 0 Å². The van der Waals surface area contributed by atoms with E-state index in [4.69, 9.17) is 0 Å². The van der Waals surface area contributed by atoms with Crippen LogP contribution in [0.1, 0.15) is 5.56 Å². The summed E-state index contributed by atoms with van der Waals surface area (Å²) in [6.45, 7) is 4.62. The normalized spacial score (nSPS) is 15.7. The van der Waals surface area contributed by atoms with Gasteiger partial charge in [0.15, 0.2) is 0 Å². The molecular formula is C19H24FN3. The van der Waals surface area contributed by atoms with Crippen LogP contribution >= 0.6 is 0 Å². The van der Waals surface area contributed by atoms with Crippen LogP contribution in [0.15, 0.2) is 48.5 Å². The molecule has 0 amide bonds. The van der Waals surface area contributed by atoms with Gasteiger partial charge in [-0.25, -0.2) is 4.39 Å². The van der Waals surface area contributed by atoms with Gasteiger partial charge in [0.1, 0.15) is 5.82 Å². The number of para-hydroxylation sites is 1. The van der Waals surface area contributed by atoms with Crippen molar-refractivity contribution >= 4 is 11.4 Å². The number of anilines is 2. The second-order valence-electron chi connectivity index (χ2n) is 6.28. The minimum absolute atomic E-state index is 0.125. The maximum atomic E-state index is 13.9. The lowest BCUT2D eigenvalue weighted by molar-refractivity contribution is 0.249. The molecule has 2 aromatic carbocycles. The van der Waals surface area contributed by atoms with E-state index in [0.717, 1.165) is 38.4 Å². The monoisotopic (exact) mass is 313 g/mol. The van der Waals surface area contributed by atoms with Crippen LogP contribution in [-0.2, 0) is 6.54 Å². The van der Waals surface area contributed by atoms with E-state index in [2.05, 4.69) is 53.1 Å². The minimum Gasteiger partial charge on any atom is -0.378 e. The summed E-state index contributed by atoms with van der Waals surface area (Å²) in [6, 6.07) is 15.7. The van der Waals surface area contributed by atoms with Crippen molar-refractivity contribution < 1.29 is 4.39 Å². The van der Waals surface area contributed by atoms with Gasteiger partial charge >= 0.3 is 0 Å². The molecule has 3 nitrogen and oxygen atoms in total. The minimum atomic E-state index is -0.125. The Balaban J connectivity index is 1.56. The summed E-state index contributed by atoms with van der Waals surface area (Å²) in [4.78, 5) is 6.68. The molecule has 122 valence electrons. The number of benzene rings is 2. The van der Waals surface area contributed by atoms with Gasteiger partial charge in [-0.05, 0) is 29.8 Å². The molecule has 1 heterocycles. The third-order valence-corrected chi connectivity index (χ3v) is 4.42. The molecule has 0 unspecified atom stereocenters. The van der Waals surface area contributed by atoms with Crippen LogP contribution in [0.3, 0.4) is 0 Å². The van der Waals surface area contributed by atoms with Crippen molar-refractivity contribution in [2.45, 2.75) is 6.54 Å². The van der Waals surface area contributed by atoms with Gasteiger partial charge in [-0.15, -0.1) is 0 Å². The molecule has 0 radical (unpaired) electrons. The van der Waals surface area contributed by atoms with E-state index in [0.29, 0.717) is 0 Å². The molecule has 0 aromatic heterocycles. The zero-order chi connectivity index (χ0) is 16.2. The first kappa shape index (κ1) is 15.8. The van der Waals surface area contributed by atoms with Crippen LogP contribution < -0.4 is 9.80 Å². The molecule has 3 rings (SSSR count). The molecule has 1 aliphatic rings. The van der Waals surface area contributed by atoms with Crippen molar-refractivity contribution in [1.82, 2.24) is 4.90 Å². The Kier molecular flexibility index (Phi) is 4.82. The highest BCUT2D eigenvalue weighted by atomic mass is 19.1. The number of halogens is 1. The van der Waals surface area contributed by atoms with Crippen molar-refractivity contribution in [3.05, 3.63) is 59.9 Å². The molecule has 23 heavy (non-hydrogen) atoms. The van der Waals surface area contributed by atoms with Gasteiger partial charge in [0.2, 0.25) is 0 Å². The van der Waals surface area contributed by atoms with Gasteiger partial charge in [-0.3, -0.25) is 4.90 Å². The van der Waals surface area contributed by atoms with E-state index in [1.807, 2.05) is 12.1 Å². The van der Waals surface area contributed by atoms with Crippen LogP contribution in [0.4, 0.5) is 15.8 Å². The lowest BCUT2D eigenvalue weighted by atomic mass is 10.1. The summed E-state index contributed by atoms with van der Waals surface area (Å²) in [5.74, 6) is -0.125. The van der Waals surface area contributed by atoms with E-state index < -0.39 is 0 Å². The van der Waals surface area contributed by atoms with Crippen LogP contribution in [0.25, 0.3) is 0 Å². The predicted molar refractivity (Wildman–Crippen MR) is 94.7 cm³/mol. The smallest absolute Gasteiger partial charge is 0.146 e. The Morgan fingerprint density at radius 3 is 2.17 bits per heavy atom. The summed E-state index contributed by atoms with van der Waals surface area (Å²) in [5.41, 5.74) is 3.27. The van der Waals surface area contributed by atoms with E-state index in [-0.39, 0.29) is 5.82 Å². The highest BCUT2D eigenvalue weighted by Crippen LogP contribution is 2.21. The topological polar surface area (TPSA) is 9.72 Å². The Hall–Kier alpha value is -2.07. The SMILES string of the molecule is CN(C)c1ccc(CN2CCN(c3ccccc3F)CC2)cc1. The van der Waals surface area contributed by atoms with Crippen LogP contribution in [-0.4, -0.2) is 45.2 Å². The molecule has 0 bridgehead atoms. The quantitative estimate of drug-likeness (QED) is 0.858. The molecule has 0 aliphatic carbocycles. The Bertz CT molecular complexity index is 631. The van der Waals surface area contributed by atoms with E-state index >= 15 is 0 Å². The molecule has 2 aromatic rings. The van der Waals surface area contributed by atoms with Crippen molar-refractivity contribution in [2.24, 2.45) is 0 Å². The first-order valence-corrected chi connectivity index (χ1v) is 8.11. The highest BCUT2D eigenvalue weighted by molar-refractivity contribution is 5.48. The average molecular weight is 313 g/mol. The maximum Gasteiger partial charge on any atom is 0.146 e. The fourth-order valence-corrected chi connectivity index (χ4v) is 3.01. The van der Waals surface area contributed by atoms with Crippen molar-refractivity contribution in [3.8, 4) is 0 Å². The second-order valence-corrected chi connectivity index (χ2v) is 6.28. The van der Waals surface area contributed by atoms with Crippen molar-refractivity contribution in [3.63, 3.8) is 0 Å². The number of hydrogen-bond acceptors (Lipinski definition) is 3. The summed E-state index contributed by atoms with van der Waals surface area (Å²) < 4.78 is 13.9. The lowest BCUT2D eigenvalue weighted by Gasteiger charge is -2.36. The molecule has 0 atom stereocenters. The second kappa shape index (κ2) is 7.01. The molecule has 4 heteroatoms. The molecular weight excluding hydrogens is 289 g/mol. The fraction of sp³-hybridized carbons (Fsp3) is 0.368. The van der Waals surface area contributed by atoms with Crippen LogP contribution in [0.5, 0.6) is 0 Å². The van der Waals surface area contributed by atoms with Crippen molar-refractivity contribution in [2.75, 3.05) is 50.1 Å². The summed E-state index contributed by atoms with van der Waals surface area (Å²) in [5, 5.41) is 0. The average Bonchev–Trinajstić information content (AvgIpc) is 2.57. The lowest BCUT2D eigenvalue weighted by Crippen LogP contribution is -2.46. The molecule has 1 fully saturated rings. The molecule has 0 saturated carbocycles. The number of piperazine rings is 1. The molecule has 0 spiro atoms. The number of rotatable bonds is 4. The first-order chi connectivity index (χ1) is 11.1. The first-order valence-electron chi connectivity index (χ1n) is 8.11. The third kappa shape index (κ3) is 3.82. The fourth-order valence-electron chi connectivity index (χ4n) is 3.01. The predicted octanol–water partition coefficient (Wildman–Crippen LogP) is 3.21. The number of nitrogens with zero attached hydrogens (tertiary/aromatic N) is 3. The van der Waals surface area contributed by atoms with E-state index in [1.54, 1.807) is 6.07 Å². The van der Waals surface area contributed by atoms with Crippen LogP contribution in [0, 0.1) is 5.82 Å². The summed E-state index contributed by atoms with van der Waals surface area (Å²) in [6.07, 6.45) is 0. The molecule has 1 saturated heterocycles. The largest absolute Gasteiger partial charge is 0.378 e. The number of hydrogen-bond donors (Lipinski definition) is 0. The van der Waals surface area contributed by atoms with Gasteiger partial charge < -0.3 is 9.80 Å². The van der Waals surface area contributed by atoms with Gasteiger partial charge in [0.05, 0.1) is 5.69 Å². The van der Waals surface area contributed by atoms with Crippen LogP contribution in [0.2, 0.25) is 0 Å². The van der Waals surface area contributed by atoms with Crippen molar-refractivity contribution in [1.29, 1.82) is 0 Å². The Morgan fingerprint density at radius 2 is 1.57 bits per heavy atom. The van der Waals surface area contributed by atoms with E-state index in [9.17, 15) is 4.39 Å². The molecule has 1 aliphatic heterocycles. The van der Waals surface area contributed by atoms with Gasteiger partial charge in [0.25, 0.3) is 0 Å². The van der Waals surface area contributed by atoms with Gasteiger partial charge in [-0.1, -0.05) is 24.3 Å². The van der Waals surface area contributed by atoms with E-state index in [1.165, 1.54) is 17.3 Å². The maximum absolute atomic E-state index is 13.9. The summed E-state index contributed by atoms with van der Waals surface area (Å²) in [7, 11) is 4.11. The zero-order valence-electron chi connectivity index (χ0n) is 13.9. The highest BCUT2D eigenvalue weighted by Gasteiger charge is 2.19. The third-order valence-electron chi connectivity index (χ3n) is 4.42. The Morgan fingerprint density at radius 1 is 0.913 bits per heavy atom. The molecule has 0 N–H and O–H groups in total. The van der Waals surface area contributed by atoms with Gasteiger partial charge in [0, 0.05) is 52.5 Å². The Labute approximate surface area is 137 Å². The summed E-state index contributed by atoms with van der Waals surface area (Å²) >= 11 is 0. The standard InChI is InChI=1S/C19H24FN3/c1-21(2)17-9-7-16(8-10-17)15-22-11-13-23(14-12-22)19-6-4-3-5-18(19)20/h3-10H,11-15H2,1-2H3.